The maximum absolute atomic E-state index is 12.6. The summed E-state index contributed by atoms with van der Waals surface area (Å²) in [5.41, 5.74) is 0. The minimum atomic E-state index is -1.14. The Morgan fingerprint density at radius 3 is 0.635 bits per heavy atom. The molecular weight excluding hydrogens is 1080 g/mol. The standard InChI is InChI=1S/2C38H73NO3.Ca/c2*1-3-5-7-9-11-13-15-17-19-20-22-24-26-28-30-32-34-39-38(42)36(35-37(40)41)33-31-29-27-25-23-21-18-16-14-12-10-8-6-4-2;/h2*29,31,36H,3-28,30,32-35H2,1-2H3,(H,39,42)(H,40,41);/q;;+2/p-2. The summed E-state index contributed by atoms with van der Waals surface area (Å²) in [4.78, 5) is 47.5. The van der Waals surface area contributed by atoms with Crippen molar-refractivity contribution in [1.29, 1.82) is 0 Å². The van der Waals surface area contributed by atoms with E-state index in [1.807, 2.05) is 12.2 Å². The molecule has 0 fully saturated rings. The fourth-order valence-corrected chi connectivity index (χ4v) is 11.6. The molecule has 0 aromatic rings. The van der Waals surface area contributed by atoms with Crippen LogP contribution in [0.25, 0.3) is 0 Å². The number of rotatable bonds is 68. The largest absolute Gasteiger partial charge is 2.00 e. The number of carbonyl (C=O) groups is 4. The van der Waals surface area contributed by atoms with Crippen LogP contribution in [0.15, 0.2) is 24.3 Å². The van der Waals surface area contributed by atoms with Crippen LogP contribution in [0.5, 0.6) is 0 Å². The Bertz CT molecular complexity index is 1320. The van der Waals surface area contributed by atoms with Gasteiger partial charge in [-0.2, -0.15) is 0 Å². The quantitative estimate of drug-likeness (QED) is 0.0353. The van der Waals surface area contributed by atoms with E-state index in [9.17, 15) is 29.4 Å². The van der Waals surface area contributed by atoms with E-state index in [0.717, 1.165) is 38.5 Å². The van der Waals surface area contributed by atoms with E-state index >= 15 is 0 Å². The van der Waals surface area contributed by atoms with Gasteiger partial charge >= 0.3 is 37.7 Å². The van der Waals surface area contributed by atoms with Crippen LogP contribution < -0.4 is 20.8 Å². The Morgan fingerprint density at radius 1 is 0.271 bits per heavy atom. The summed E-state index contributed by atoms with van der Waals surface area (Å²) in [6.07, 6.45) is 82.8. The summed E-state index contributed by atoms with van der Waals surface area (Å²) in [5.74, 6) is -3.61. The van der Waals surface area contributed by atoms with Crippen molar-refractivity contribution in [2.45, 2.75) is 413 Å². The number of hydrogen-bond acceptors (Lipinski definition) is 6. The van der Waals surface area contributed by atoms with Gasteiger partial charge in [0.1, 0.15) is 0 Å². The number of hydrogen-bond donors (Lipinski definition) is 2. The van der Waals surface area contributed by atoms with E-state index < -0.39 is 23.8 Å². The van der Waals surface area contributed by atoms with Gasteiger partial charge in [-0.05, 0) is 64.2 Å². The molecule has 2 unspecified atom stereocenters. The van der Waals surface area contributed by atoms with E-state index in [1.165, 1.54) is 321 Å². The second kappa shape index (κ2) is 76.9. The molecule has 0 aromatic heterocycles. The summed E-state index contributed by atoms with van der Waals surface area (Å²) >= 11 is 0. The van der Waals surface area contributed by atoms with Crippen molar-refractivity contribution in [3.05, 3.63) is 24.3 Å². The minimum Gasteiger partial charge on any atom is -0.550 e. The molecule has 8 nitrogen and oxygen atoms in total. The van der Waals surface area contributed by atoms with Gasteiger partial charge in [-0.1, -0.05) is 373 Å². The summed E-state index contributed by atoms with van der Waals surface area (Å²) in [6.45, 7) is 10.4. The van der Waals surface area contributed by atoms with Gasteiger partial charge in [0.2, 0.25) is 11.8 Å². The minimum absolute atomic E-state index is 0. The Balaban J connectivity index is -0.00000156. The molecule has 2 amide bonds. The average Bonchev–Trinajstić information content (AvgIpc) is 3.55. The number of amides is 2. The van der Waals surface area contributed by atoms with Gasteiger partial charge in [0.15, 0.2) is 0 Å². The van der Waals surface area contributed by atoms with Gasteiger partial charge in [-0.25, -0.2) is 0 Å². The third-order valence-corrected chi connectivity index (χ3v) is 17.4. The Morgan fingerprint density at radius 2 is 0.447 bits per heavy atom. The van der Waals surface area contributed by atoms with Crippen molar-refractivity contribution in [3.8, 4) is 0 Å². The van der Waals surface area contributed by atoms with E-state index in [4.69, 9.17) is 0 Å². The van der Waals surface area contributed by atoms with Crippen molar-refractivity contribution in [3.63, 3.8) is 0 Å². The molecule has 0 aliphatic carbocycles. The van der Waals surface area contributed by atoms with Crippen LogP contribution in [0.3, 0.4) is 0 Å². The van der Waals surface area contributed by atoms with Crippen LogP contribution in [-0.2, 0) is 19.2 Å². The molecule has 0 aliphatic rings. The molecule has 0 bridgehead atoms. The number of nitrogens with one attached hydrogen (secondary N) is 2. The van der Waals surface area contributed by atoms with E-state index in [1.54, 1.807) is 0 Å². The van der Waals surface area contributed by atoms with E-state index in [-0.39, 0.29) is 62.4 Å². The first kappa shape index (κ1) is 87.8. The zero-order chi connectivity index (χ0) is 61.5. The summed E-state index contributed by atoms with van der Waals surface area (Å²) < 4.78 is 0. The molecule has 0 spiro atoms. The maximum Gasteiger partial charge on any atom is 2.00 e. The number of aliphatic carboxylic acids is 2. The first-order valence-corrected chi connectivity index (χ1v) is 37.5. The van der Waals surface area contributed by atoms with Gasteiger partial charge in [-0.3, -0.25) is 9.59 Å². The van der Waals surface area contributed by atoms with Crippen molar-refractivity contribution in [2.24, 2.45) is 11.8 Å². The molecule has 0 rings (SSSR count). The molecule has 0 saturated heterocycles. The number of allylic oxidation sites excluding steroid dienone is 4. The fraction of sp³-hybridized carbons (Fsp3) is 0.895. The Kier molecular flexibility index (Phi) is 79.4. The van der Waals surface area contributed by atoms with Crippen LogP contribution in [0.2, 0.25) is 0 Å². The maximum atomic E-state index is 12.6. The topological polar surface area (TPSA) is 138 Å². The van der Waals surface area contributed by atoms with Gasteiger partial charge in [-0.15, -0.1) is 0 Å². The van der Waals surface area contributed by atoms with Gasteiger partial charge in [0.25, 0.3) is 0 Å². The molecule has 0 aliphatic heterocycles. The molecule has 2 atom stereocenters. The molecule has 0 aromatic carbocycles. The van der Waals surface area contributed by atoms with Crippen molar-refractivity contribution < 1.29 is 29.4 Å². The van der Waals surface area contributed by atoms with Gasteiger partial charge in [0.05, 0.1) is 0 Å². The van der Waals surface area contributed by atoms with Crippen molar-refractivity contribution in [2.75, 3.05) is 13.1 Å². The van der Waals surface area contributed by atoms with Gasteiger partial charge in [0, 0.05) is 36.9 Å². The predicted octanol–water partition coefficient (Wildman–Crippen LogP) is 21.2. The summed E-state index contributed by atoms with van der Waals surface area (Å²) in [5, 5.41) is 28.3. The third-order valence-electron chi connectivity index (χ3n) is 17.4. The molecule has 0 saturated carbocycles. The fourth-order valence-electron chi connectivity index (χ4n) is 11.6. The Labute approximate surface area is 559 Å². The molecule has 2 N–H and O–H groups in total. The van der Waals surface area contributed by atoms with Crippen LogP contribution in [0.1, 0.15) is 413 Å². The second-order valence-corrected chi connectivity index (χ2v) is 25.8. The van der Waals surface area contributed by atoms with Crippen LogP contribution in [0, 0.1) is 11.8 Å². The molecule has 0 radical (unpaired) electrons. The summed E-state index contributed by atoms with van der Waals surface area (Å²) in [7, 11) is 0. The smallest absolute Gasteiger partial charge is 0.550 e. The van der Waals surface area contributed by atoms with E-state index in [0.29, 0.717) is 25.9 Å². The average molecular weight is 1220 g/mol. The first-order valence-electron chi connectivity index (χ1n) is 37.5. The first-order chi connectivity index (χ1) is 41.2. The Hall–Kier alpha value is -1.38. The summed E-state index contributed by atoms with van der Waals surface area (Å²) in [6, 6.07) is 0. The molecule has 9 heteroatoms. The second-order valence-electron chi connectivity index (χ2n) is 25.8. The SMILES string of the molecule is CCCCCCCCCCCCCC=CCC(CC(=O)[O-])C(=O)NCCCCCCCCCCCCCCCCCC.CCCCCCCCCCCCCC=CCC(CC(=O)[O-])C(=O)NCCCCCCCCCCCCCCCCCC.[Ca+2]. The molecule has 85 heavy (non-hydrogen) atoms. The van der Waals surface area contributed by atoms with Gasteiger partial charge < -0.3 is 30.4 Å². The van der Waals surface area contributed by atoms with Crippen molar-refractivity contribution in [1.82, 2.24) is 10.6 Å². The normalized spacial score (nSPS) is 12.1. The van der Waals surface area contributed by atoms with Crippen LogP contribution in [0.4, 0.5) is 0 Å². The van der Waals surface area contributed by atoms with Crippen molar-refractivity contribution >= 4 is 61.5 Å². The zero-order valence-electron chi connectivity index (χ0n) is 57.5. The molecule has 0 heterocycles. The number of carboxylic acid groups (broad SMARTS) is 2. The predicted molar refractivity (Wildman–Crippen MR) is 367 cm³/mol. The molecular formula is C76H144CaN2O6. The third kappa shape index (κ3) is 75.0. The van der Waals surface area contributed by atoms with Crippen LogP contribution >= 0.6 is 0 Å². The zero-order valence-corrected chi connectivity index (χ0v) is 59.7. The van der Waals surface area contributed by atoms with Crippen LogP contribution in [-0.4, -0.2) is 74.6 Å². The van der Waals surface area contributed by atoms with E-state index in [2.05, 4.69) is 50.5 Å². The monoisotopic (exact) mass is 1220 g/mol. The number of carboxylic acids is 2. The number of carbonyl (C=O) groups excluding carboxylic acids is 4. The molecule has 496 valence electrons. The number of unbranched alkanes of at least 4 members (excludes halogenated alkanes) is 52.